The Balaban J connectivity index is 1.48. The highest BCUT2D eigenvalue weighted by Crippen LogP contribution is 2.19. The lowest BCUT2D eigenvalue weighted by atomic mass is 9.97. The van der Waals surface area contributed by atoms with Crippen molar-refractivity contribution in [2.75, 3.05) is 25.0 Å². The minimum atomic E-state index is -0.208. The molecule has 1 aliphatic heterocycles. The lowest BCUT2D eigenvalue weighted by Crippen LogP contribution is -2.48. The van der Waals surface area contributed by atoms with Crippen molar-refractivity contribution in [2.24, 2.45) is 5.92 Å². The average molecular weight is 366 g/mol. The second kappa shape index (κ2) is 9.16. The summed E-state index contributed by atoms with van der Waals surface area (Å²) in [7, 11) is 0. The van der Waals surface area contributed by atoms with Gasteiger partial charge in [-0.3, -0.25) is 4.79 Å². The topological polar surface area (TPSA) is 74.3 Å². The zero-order chi connectivity index (χ0) is 19.1. The fraction of sp³-hybridized carbons (Fsp3) is 0.381. The molecule has 6 heteroatoms. The standard InChI is InChI=1S/C21H26N4O2/c1-16-7-5-12-22-19(16)24-20(26)18-10-6-14-25(15-18)21(27)23-13-11-17-8-3-2-4-9-17/h2-5,7-9,12,18H,6,10-11,13-15H2,1H3,(H,23,27)(H,22,24,26)/t18-/m1/s1. The molecule has 1 saturated heterocycles. The van der Waals surface area contributed by atoms with Gasteiger partial charge in [0.2, 0.25) is 5.91 Å². The van der Waals surface area contributed by atoms with E-state index in [1.807, 2.05) is 49.4 Å². The molecular weight excluding hydrogens is 340 g/mol. The Labute approximate surface area is 160 Å². The quantitative estimate of drug-likeness (QED) is 0.854. The van der Waals surface area contributed by atoms with Crippen LogP contribution >= 0.6 is 0 Å². The van der Waals surface area contributed by atoms with Crippen LogP contribution in [-0.2, 0) is 11.2 Å². The van der Waals surface area contributed by atoms with Crippen molar-refractivity contribution in [3.05, 3.63) is 59.8 Å². The third kappa shape index (κ3) is 5.29. The number of likely N-dealkylation sites (tertiary alicyclic amines) is 1. The van der Waals surface area contributed by atoms with Gasteiger partial charge < -0.3 is 15.5 Å². The maximum absolute atomic E-state index is 12.6. The number of hydrogen-bond acceptors (Lipinski definition) is 3. The molecule has 0 aliphatic carbocycles. The molecule has 6 nitrogen and oxygen atoms in total. The molecular formula is C21H26N4O2. The van der Waals surface area contributed by atoms with Crippen molar-refractivity contribution in [1.82, 2.24) is 15.2 Å². The molecule has 1 aromatic heterocycles. The Kier molecular flexibility index (Phi) is 6.41. The molecule has 0 bridgehead atoms. The van der Waals surface area contributed by atoms with Crippen molar-refractivity contribution in [2.45, 2.75) is 26.2 Å². The molecule has 27 heavy (non-hydrogen) atoms. The Bertz CT molecular complexity index is 779. The fourth-order valence-corrected chi connectivity index (χ4v) is 3.28. The summed E-state index contributed by atoms with van der Waals surface area (Å²) in [5.41, 5.74) is 2.12. The van der Waals surface area contributed by atoms with Crippen LogP contribution in [0.15, 0.2) is 48.7 Å². The van der Waals surface area contributed by atoms with Crippen molar-refractivity contribution in [1.29, 1.82) is 0 Å². The molecule has 3 amide bonds. The van der Waals surface area contributed by atoms with Gasteiger partial charge in [-0.1, -0.05) is 36.4 Å². The fourth-order valence-electron chi connectivity index (χ4n) is 3.28. The predicted molar refractivity (Wildman–Crippen MR) is 105 cm³/mol. The number of nitrogens with zero attached hydrogens (tertiary/aromatic N) is 2. The first-order valence-electron chi connectivity index (χ1n) is 9.42. The van der Waals surface area contributed by atoms with Gasteiger partial charge in [-0.15, -0.1) is 0 Å². The molecule has 2 heterocycles. The molecule has 142 valence electrons. The molecule has 1 aromatic carbocycles. The number of aromatic nitrogens is 1. The zero-order valence-corrected chi connectivity index (χ0v) is 15.6. The first-order valence-corrected chi connectivity index (χ1v) is 9.42. The highest BCUT2D eigenvalue weighted by molar-refractivity contribution is 5.92. The molecule has 1 atom stereocenters. The minimum Gasteiger partial charge on any atom is -0.338 e. The van der Waals surface area contributed by atoms with E-state index in [1.165, 1.54) is 5.56 Å². The summed E-state index contributed by atoms with van der Waals surface area (Å²) in [5, 5.41) is 5.86. The summed E-state index contributed by atoms with van der Waals surface area (Å²) in [6, 6.07) is 13.7. The first-order chi connectivity index (χ1) is 13.1. The van der Waals surface area contributed by atoms with E-state index in [2.05, 4.69) is 15.6 Å². The third-order valence-electron chi connectivity index (χ3n) is 4.86. The number of rotatable bonds is 5. The number of hydrogen-bond donors (Lipinski definition) is 2. The molecule has 1 aliphatic rings. The normalized spacial score (nSPS) is 16.6. The van der Waals surface area contributed by atoms with Gasteiger partial charge in [-0.25, -0.2) is 9.78 Å². The van der Waals surface area contributed by atoms with Crippen LogP contribution in [0.1, 0.15) is 24.0 Å². The first kappa shape index (κ1) is 18.9. The SMILES string of the molecule is Cc1cccnc1NC(=O)[C@@H]1CCCN(C(=O)NCCc2ccccc2)C1. The van der Waals surface area contributed by atoms with Crippen LogP contribution in [0.3, 0.4) is 0 Å². The molecule has 2 N–H and O–H groups in total. The predicted octanol–water partition coefficient (Wildman–Crippen LogP) is 2.99. The van der Waals surface area contributed by atoms with Crippen LogP contribution in [0.25, 0.3) is 0 Å². The van der Waals surface area contributed by atoms with Crippen molar-refractivity contribution in [3.63, 3.8) is 0 Å². The molecule has 0 saturated carbocycles. The van der Waals surface area contributed by atoms with Crippen LogP contribution in [0.2, 0.25) is 0 Å². The highest BCUT2D eigenvalue weighted by atomic mass is 16.2. The van der Waals surface area contributed by atoms with Gasteiger partial charge in [0, 0.05) is 25.8 Å². The molecule has 1 fully saturated rings. The van der Waals surface area contributed by atoms with Crippen LogP contribution in [0, 0.1) is 12.8 Å². The monoisotopic (exact) mass is 366 g/mol. The number of pyridine rings is 1. The van der Waals surface area contributed by atoms with Crippen LogP contribution in [0.5, 0.6) is 0 Å². The van der Waals surface area contributed by atoms with Gasteiger partial charge >= 0.3 is 6.03 Å². The maximum atomic E-state index is 12.6. The van der Waals surface area contributed by atoms with Crippen LogP contribution in [-0.4, -0.2) is 41.5 Å². The van der Waals surface area contributed by atoms with Gasteiger partial charge in [-0.2, -0.15) is 0 Å². The van der Waals surface area contributed by atoms with E-state index in [4.69, 9.17) is 0 Å². The number of carbonyl (C=O) groups excluding carboxylic acids is 2. The molecule has 2 aromatic rings. The average Bonchev–Trinajstić information content (AvgIpc) is 2.70. The van der Waals surface area contributed by atoms with E-state index >= 15 is 0 Å². The van der Waals surface area contributed by atoms with Crippen LogP contribution in [0.4, 0.5) is 10.6 Å². The number of anilines is 1. The lowest BCUT2D eigenvalue weighted by Gasteiger charge is -2.32. The van der Waals surface area contributed by atoms with Gasteiger partial charge in [0.1, 0.15) is 5.82 Å². The van der Waals surface area contributed by atoms with Gasteiger partial charge in [0.15, 0.2) is 0 Å². The van der Waals surface area contributed by atoms with Gasteiger partial charge in [0.05, 0.1) is 5.92 Å². The zero-order valence-electron chi connectivity index (χ0n) is 15.6. The van der Waals surface area contributed by atoms with Crippen LogP contribution < -0.4 is 10.6 Å². The second-order valence-corrected chi connectivity index (χ2v) is 6.91. The van der Waals surface area contributed by atoms with E-state index in [-0.39, 0.29) is 17.9 Å². The largest absolute Gasteiger partial charge is 0.338 e. The molecule has 0 unspecified atom stereocenters. The number of carbonyl (C=O) groups is 2. The number of nitrogens with one attached hydrogen (secondary N) is 2. The number of aryl methyl sites for hydroxylation is 1. The summed E-state index contributed by atoms with van der Waals surface area (Å²) in [6.45, 7) is 3.62. The van der Waals surface area contributed by atoms with Crippen molar-refractivity contribution >= 4 is 17.8 Å². The molecule has 3 rings (SSSR count). The smallest absolute Gasteiger partial charge is 0.317 e. The Morgan fingerprint density at radius 3 is 2.78 bits per heavy atom. The highest BCUT2D eigenvalue weighted by Gasteiger charge is 2.28. The third-order valence-corrected chi connectivity index (χ3v) is 4.86. The van der Waals surface area contributed by atoms with Crippen molar-refractivity contribution < 1.29 is 9.59 Å². The number of piperidine rings is 1. The minimum absolute atomic E-state index is 0.0708. The molecule has 0 spiro atoms. The van der Waals surface area contributed by atoms with Gasteiger partial charge in [-0.05, 0) is 43.4 Å². The lowest BCUT2D eigenvalue weighted by molar-refractivity contribution is -0.121. The summed E-state index contributed by atoms with van der Waals surface area (Å²) >= 11 is 0. The van der Waals surface area contributed by atoms with E-state index in [0.29, 0.717) is 25.5 Å². The van der Waals surface area contributed by atoms with E-state index in [0.717, 1.165) is 24.8 Å². The summed E-state index contributed by atoms with van der Waals surface area (Å²) in [4.78, 5) is 31.0. The summed E-state index contributed by atoms with van der Waals surface area (Å²) in [6.07, 6.45) is 4.07. The number of benzene rings is 1. The maximum Gasteiger partial charge on any atom is 0.317 e. The molecule has 0 radical (unpaired) electrons. The van der Waals surface area contributed by atoms with E-state index in [9.17, 15) is 9.59 Å². The number of amides is 3. The Hall–Kier alpha value is -2.89. The Morgan fingerprint density at radius 1 is 1.19 bits per heavy atom. The Morgan fingerprint density at radius 2 is 2.00 bits per heavy atom. The summed E-state index contributed by atoms with van der Waals surface area (Å²) in [5.74, 6) is 0.311. The van der Waals surface area contributed by atoms with E-state index < -0.39 is 0 Å². The van der Waals surface area contributed by atoms with Gasteiger partial charge in [0.25, 0.3) is 0 Å². The second-order valence-electron chi connectivity index (χ2n) is 6.91. The summed E-state index contributed by atoms with van der Waals surface area (Å²) < 4.78 is 0. The van der Waals surface area contributed by atoms with Crippen molar-refractivity contribution in [3.8, 4) is 0 Å². The number of urea groups is 1. The van der Waals surface area contributed by atoms with E-state index in [1.54, 1.807) is 11.1 Å².